The van der Waals surface area contributed by atoms with Gasteiger partial charge in [0.1, 0.15) is 0 Å². The van der Waals surface area contributed by atoms with Gasteiger partial charge in [0.05, 0.1) is 6.61 Å². The van der Waals surface area contributed by atoms with Crippen LogP contribution in [0, 0.1) is 17.3 Å². The zero-order valence-corrected chi connectivity index (χ0v) is 9.80. The van der Waals surface area contributed by atoms with Crippen molar-refractivity contribution in [3.8, 4) is 0 Å². The van der Waals surface area contributed by atoms with Crippen molar-refractivity contribution in [1.82, 2.24) is 0 Å². The second-order valence-corrected chi connectivity index (χ2v) is 5.09. The molecule has 0 saturated heterocycles. The van der Waals surface area contributed by atoms with Gasteiger partial charge >= 0.3 is 5.97 Å². The molecule has 2 nitrogen and oxygen atoms in total. The molecule has 0 bridgehead atoms. The largest absolute Gasteiger partial charge is 0.466 e. The maximum atomic E-state index is 11.3. The summed E-state index contributed by atoms with van der Waals surface area (Å²) < 4.78 is 4.98. The number of hydrogen-bond donors (Lipinski definition) is 0. The normalized spacial score (nSPS) is 30.3. The second kappa shape index (κ2) is 4.33. The zero-order chi connectivity index (χ0) is 10.8. The molecule has 1 saturated carbocycles. The predicted octanol–water partition coefficient (Wildman–Crippen LogP) is 3.01. The highest BCUT2D eigenvalue weighted by Gasteiger charge is 2.39. The van der Waals surface area contributed by atoms with E-state index in [4.69, 9.17) is 4.74 Å². The SMILES string of the molecule is CCOC(=O)CC1CCC(C)(C)C1C. The Kier molecular flexibility index (Phi) is 3.57. The van der Waals surface area contributed by atoms with Crippen molar-refractivity contribution in [1.29, 1.82) is 0 Å². The lowest BCUT2D eigenvalue weighted by atomic mass is 9.79. The van der Waals surface area contributed by atoms with Crippen LogP contribution in [-0.4, -0.2) is 12.6 Å². The van der Waals surface area contributed by atoms with Gasteiger partial charge in [0.2, 0.25) is 0 Å². The van der Waals surface area contributed by atoms with Crippen LogP contribution in [0.25, 0.3) is 0 Å². The average molecular weight is 198 g/mol. The molecule has 1 fully saturated rings. The summed E-state index contributed by atoms with van der Waals surface area (Å²) in [7, 11) is 0. The Bertz CT molecular complexity index is 208. The molecule has 0 amide bonds. The Morgan fingerprint density at radius 1 is 1.50 bits per heavy atom. The van der Waals surface area contributed by atoms with Crippen LogP contribution in [0.1, 0.15) is 47.0 Å². The van der Waals surface area contributed by atoms with E-state index < -0.39 is 0 Å². The van der Waals surface area contributed by atoms with Crippen LogP contribution in [0.3, 0.4) is 0 Å². The molecular formula is C12H22O2. The molecule has 2 heteroatoms. The van der Waals surface area contributed by atoms with Gasteiger partial charge in [-0.1, -0.05) is 20.8 Å². The molecule has 82 valence electrons. The summed E-state index contributed by atoms with van der Waals surface area (Å²) in [6, 6.07) is 0. The lowest BCUT2D eigenvalue weighted by Crippen LogP contribution is -2.21. The van der Waals surface area contributed by atoms with Crippen LogP contribution in [0.2, 0.25) is 0 Å². The van der Waals surface area contributed by atoms with Crippen molar-refractivity contribution < 1.29 is 9.53 Å². The van der Waals surface area contributed by atoms with Crippen molar-refractivity contribution in [2.24, 2.45) is 17.3 Å². The minimum atomic E-state index is -0.0259. The van der Waals surface area contributed by atoms with Crippen LogP contribution in [0.4, 0.5) is 0 Å². The fourth-order valence-electron chi connectivity index (χ4n) is 2.39. The topological polar surface area (TPSA) is 26.3 Å². The fourth-order valence-corrected chi connectivity index (χ4v) is 2.39. The average Bonchev–Trinajstić information content (AvgIpc) is 2.33. The zero-order valence-electron chi connectivity index (χ0n) is 9.80. The highest BCUT2D eigenvalue weighted by atomic mass is 16.5. The quantitative estimate of drug-likeness (QED) is 0.652. The fraction of sp³-hybridized carbons (Fsp3) is 0.917. The first-order chi connectivity index (χ1) is 6.47. The van der Waals surface area contributed by atoms with Crippen LogP contribution in [0.5, 0.6) is 0 Å². The molecule has 0 N–H and O–H groups in total. The van der Waals surface area contributed by atoms with E-state index in [1.54, 1.807) is 0 Å². The standard InChI is InChI=1S/C12H22O2/c1-5-14-11(13)8-10-6-7-12(3,4)9(10)2/h9-10H,5-8H2,1-4H3. The third-order valence-corrected chi connectivity index (χ3v) is 3.83. The second-order valence-electron chi connectivity index (χ2n) is 5.09. The first-order valence-corrected chi connectivity index (χ1v) is 5.63. The van der Waals surface area contributed by atoms with E-state index in [1.807, 2.05) is 6.92 Å². The van der Waals surface area contributed by atoms with Gasteiger partial charge in [-0.15, -0.1) is 0 Å². The van der Waals surface area contributed by atoms with Gasteiger partial charge < -0.3 is 4.74 Å². The van der Waals surface area contributed by atoms with Crippen LogP contribution in [0.15, 0.2) is 0 Å². The number of esters is 1. The van der Waals surface area contributed by atoms with Gasteiger partial charge in [0.15, 0.2) is 0 Å². The first kappa shape index (κ1) is 11.5. The van der Waals surface area contributed by atoms with Gasteiger partial charge in [-0.05, 0) is 37.0 Å². The van der Waals surface area contributed by atoms with Crippen LogP contribution in [-0.2, 0) is 9.53 Å². The van der Waals surface area contributed by atoms with E-state index in [2.05, 4.69) is 20.8 Å². The molecule has 0 aromatic heterocycles. The van der Waals surface area contributed by atoms with Crippen molar-refractivity contribution in [2.75, 3.05) is 6.61 Å². The summed E-state index contributed by atoms with van der Waals surface area (Å²) >= 11 is 0. The molecular weight excluding hydrogens is 176 g/mol. The molecule has 0 spiro atoms. The maximum absolute atomic E-state index is 11.3. The lowest BCUT2D eigenvalue weighted by Gasteiger charge is -2.26. The van der Waals surface area contributed by atoms with E-state index in [-0.39, 0.29) is 5.97 Å². The summed E-state index contributed by atoms with van der Waals surface area (Å²) in [5, 5.41) is 0. The molecule has 1 rings (SSSR count). The maximum Gasteiger partial charge on any atom is 0.306 e. The third kappa shape index (κ3) is 2.49. The molecule has 0 heterocycles. The van der Waals surface area contributed by atoms with E-state index >= 15 is 0 Å². The van der Waals surface area contributed by atoms with Gasteiger partial charge in [0.25, 0.3) is 0 Å². The summed E-state index contributed by atoms with van der Waals surface area (Å²) in [6.45, 7) is 9.21. The molecule has 1 aliphatic rings. The minimum Gasteiger partial charge on any atom is -0.466 e. The van der Waals surface area contributed by atoms with Gasteiger partial charge in [-0.2, -0.15) is 0 Å². The third-order valence-electron chi connectivity index (χ3n) is 3.83. The van der Waals surface area contributed by atoms with Crippen molar-refractivity contribution >= 4 is 5.97 Å². The molecule has 1 aliphatic carbocycles. The monoisotopic (exact) mass is 198 g/mol. The van der Waals surface area contributed by atoms with Crippen LogP contribution < -0.4 is 0 Å². The number of carbonyl (C=O) groups excluding carboxylic acids is 1. The highest BCUT2D eigenvalue weighted by molar-refractivity contribution is 5.69. The summed E-state index contributed by atoms with van der Waals surface area (Å²) in [5.74, 6) is 1.14. The summed E-state index contributed by atoms with van der Waals surface area (Å²) in [6.07, 6.45) is 3.02. The van der Waals surface area contributed by atoms with Gasteiger partial charge in [-0.25, -0.2) is 0 Å². The van der Waals surface area contributed by atoms with E-state index in [0.717, 1.165) is 0 Å². The Labute approximate surface area is 87.0 Å². The molecule has 2 unspecified atom stereocenters. The first-order valence-electron chi connectivity index (χ1n) is 5.63. The molecule has 0 aromatic carbocycles. The van der Waals surface area contributed by atoms with Gasteiger partial charge in [0, 0.05) is 6.42 Å². The molecule has 14 heavy (non-hydrogen) atoms. The minimum absolute atomic E-state index is 0.0259. The number of hydrogen-bond acceptors (Lipinski definition) is 2. The van der Waals surface area contributed by atoms with Crippen molar-refractivity contribution in [2.45, 2.75) is 47.0 Å². The van der Waals surface area contributed by atoms with E-state index in [0.29, 0.717) is 30.3 Å². The number of rotatable bonds is 3. The Hall–Kier alpha value is -0.530. The smallest absolute Gasteiger partial charge is 0.306 e. The number of carbonyl (C=O) groups is 1. The Morgan fingerprint density at radius 3 is 2.57 bits per heavy atom. The van der Waals surface area contributed by atoms with Crippen molar-refractivity contribution in [3.63, 3.8) is 0 Å². The van der Waals surface area contributed by atoms with E-state index in [1.165, 1.54) is 12.8 Å². The number of ether oxygens (including phenoxy) is 1. The summed E-state index contributed by atoms with van der Waals surface area (Å²) in [5.41, 5.74) is 0.400. The molecule has 0 radical (unpaired) electrons. The Balaban J connectivity index is 2.44. The summed E-state index contributed by atoms with van der Waals surface area (Å²) in [4.78, 5) is 11.3. The molecule has 0 aromatic rings. The van der Waals surface area contributed by atoms with Crippen LogP contribution >= 0.6 is 0 Å². The van der Waals surface area contributed by atoms with E-state index in [9.17, 15) is 4.79 Å². The predicted molar refractivity (Wildman–Crippen MR) is 56.9 cm³/mol. The Morgan fingerprint density at radius 2 is 2.14 bits per heavy atom. The molecule has 2 atom stereocenters. The lowest BCUT2D eigenvalue weighted by molar-refractivity contribution is -0.144. The van der Waals surface area contributed by atoms with Gasteiger partial charge in [-0.3, -0.25) is 4.79 Å². The van der Waals surface area contributed by atoms with Crippen molar-refractivity contribution in [3.05, 3.63) is 0 Å². The molecule has 0 aliphatic heterocycles. The highest BCUT2D eigenvalue weighted by Crippen LogP contribution is 2.47.